The topological polar surface area (TPSA) is 71.2 Å². The number of aromatic nitrogens is 2. The van der Waals surface area contributed by atoms with Crippen LogP contribution < -0.4 is 4.74 Å². The Labute approximate surface area is 208 Å². The van der Waals surface area contributed by atoms with Gasteiger partial charge in [-0.3, -0.25) is 15.1 Å². The minimum Gasteiger partial charge on any atom is -0.495 e. The molecule has 0 spiro atoms. The Morgan fingerprint density at radius 2 is 1.78 bits per heavy atom. The Morgan fingerprint density at radius 3 is 2.44 bits per heavy atom. The van der Waals surface area contributed by atoms with Crippen molar-refractivity contribution in [3.8, 4) is 11.4 Å². The molecule has 180 valence electrons. The molecule has 7 heteroatoms. The summed E-state index contributed by atoms with van der Waals surface area (Å²) < 4.78 is 21.0. The number of carbonyl (C=O) groups is 1. The predicted molar refractivity (Wildman–Crippen MR) is 138 cm³/mol. The van der Waals surface area contributed by atoms with Crippen LogP contribution in [0.15, 0.2) is 79.3 Å². The SMILES string of the molecule is COc1cc(/C=C2/C(=O)N(C(C)c3ccc(F)cc3)C(=N)c3ccccc32)ccc1-n1cnc(C)c1. The van der Waals surface area contributed by atoms with E-state index >= 15 is 0 Å². The molecular weight excluding hydrogens is 455 g/mol. The molecule has 6 nitrogen and oxygen atoms in total. The fourth-order valence-electron chi connectivity index (χ4n) is 4.52. The van der Waals surface area contributed by atoms with Crippen LogP contribution in [0.3, 0.4) is 0 Å². The number of halogens is 1. The van der Waals surface area contributed by atoms with E-state index in [0.717, 1.165) is 22.5 Å². The summed E-state index contributed by atoms with van der Waals surface area (Å²) in [6.45, 7) is 3.76. The van der Waals surface area contributed by atoms with E-state index in [-0.39, 0.29) is 17.6 Å². The lowest BCUT2D eigenvalue weighted by atomic mass is 9.90. The van der Waals surface area contributed by atoms with E-state index in [9.17, 15) is 9.18 Å². The van der Waals surface area contributed by atoms with Gasteiger partial charge in [-0.25, -0.2) is 9.37 Å². The third-order valence-electron chi connectivity index (χ3n) is 6.41. The Balaban J connectivity index is 1.59. The first-order valence-corrected chi connectivity index (χ1v) is 11.6. The molecule has 36 heavy (non-hydrogen) atoms. The maximum absolute atomic E-state index is 13.8. The number of carbonyl (C=O) groups excluding carboxylic acids is 1. The number of nitrogens with zero attached hydrogens (tertiary/aromatic N) is 3. The summed E-state index contributed by atoms with van der Waals surface area (Å²) in [6, 6.07) is 18.7. The van der Waals surface area contributed by atoms with Crippen LogP contribution in [0.25, 0.3) is 17.3 Å². The number of rotatable bonds is 5. The van der Waals surface area contributed by atoms with Gasteiger partial charge in [-0.1, -0.05) is 42.5 Å². The van der Waals surface area contributed by atoms with E-state index in [4.69, 9.17) is 10.1 Å². The van der Waals surface area contributed by atoms with Crippen molar-refractivity contribution in [1.29, 1.82) is 5.41 Å². The lowest BCUT2D eigenvalue weighted by Gasteiger charge is -2.35. The van der Waals surface area contributed by atoms with E-state index in [0.29, 0.717) is 22.4 Å². The molecule has 1 atom stereocenters. The van der Waals surface area contributed by atoms with Gasteiger partial charge < -0.3 is 9.30 Å². The summed E-state index contributed by atoms with van der Waals surface area (Å²) in [4.78, 5) is 19.6. The van der Waals surface area contributed by atoms with Gasteiger partial charge in [-0.2, -0.15) is 0 Å². The average molecular weight is 481 g/mol. The van der Waals surface area contributed by atoms with Crippen LogP contribution in [0, 0.1) is 18.2 Å². The number of aryl methyl sites for hydroxylation is 1. The number of ether oxygens (including phenoxy) is 1. The number of benzene rings is 3. The van der Waals surface area contributed by atoms with Gasteiger partial charge in [0.05, 0.1) is 30.9 Å². The highest BCUT2D eigenvalue weighted by atomic mass is 19.1. The molecule has 3 aromatic carbocycles. The smallest absolute Gasteiger partial charge is 0.260 e. The zero-order valence-electron chi connectivity index (χ0n) is 20.2. The average Bonchev–Trinajstić information content (AvgIpc) is 3.32. The van der Waals surface area contributed by atoms with Crippen molar-refractivity contribution in [2.24, 2.45) is 0 Å². The van der Waals surface area contributed by atoms with E-state index in [1.54, 1.807) is 25.6 Å². The van der Waals surface area contributed by atoms with Gasteiger partial charge in [0.15, 0.2) is 0 Å². The van der Waals surface area contributed by atoms with Crippen LogP contribution in [0.1, 0.15) is 40.9 Å². The second-order valence-electron chi connectivity index (χ2n) is 8.71. The molecule has 5 rings (SSSR count). The molecule has 1 N–H and O–H groups in total. The molecule has 0 fully saturated rings. The Kier molecular flexibility index (Phi) is 5.98. The number of amidine groups is 1. The van der Waals surface area contributed by atoms with Gasteiger partial charge in [0, 0.05) is 17.3 Å². The molecule has 0 radical (unpaired) electrons. The van der Waals surface area contributed by atoms with Crippen molar-refractivity contribution >= 4 is 23.4 Å². The fourth-order valence-corrected chi connectivity index (χ4v) is 4.52. The molecule has 1 aliphatic heterocycles. The number of hydrogen-bond acceptors (Lipinski definition) is 4. The maximum atomic E-state index is 13.8. The number of amides is 1. The van der Waals surface area contributed by atoms with Crippen molar-refractivity contribution in [2.45, 2.75) is 19.9 Å². The molecular formula is C29H25FN4O2. The normalized spacial score (nSPS) is 15.2. The molecule has 0 aliphatic carbocycles. The molecule has 2 heterocycles. The van der Waals surface area contributed by atoms with Crippen LogP contribution in [0.5, 0.6) is 5.75 Å². The van der Waals surface area contributed by atoms with Crippen molar-refractivity contribution in [3.63, 3.8) is 0 Å². The molecule has 0 saturated heterocycles. The quantitative estimate of drug-likeness (QED) is 0.367. The monoisotopic (exact) mass is 480 g/mol. The van der Waals surface area contributed by atoms with Crippen molar-refractivity contribution in [1.82, 2.24) is 14.5 Å². The highest BCUT2D eigenvalue weighted by Gasteiger charge is 2.35. The lowest BCUT2D eigenvalue weighted by Crippen LogP contribution is -2.43. The highest BCUT2D eigenvalue weighted by molar-refractivity contribution is 6.34. The van der Waals surface area contributed by atoms with E-state index in [2.05, 4.69) is 4.98 Å². The summed E-state index contributed by atoms with van der Waals surface area (Å²) in [5, 5.41) is 8.81. The Morgan fingerprint density at radius 1 is 1.06 bits per heavy atom. The fraction of sp³-hybridized carbons (Fsp3) is 0.138. The molecule has 4 aromatic rings. The third kappa shape index (κ3) is 4.09. The summed E-state index contributed by atoms with van der Waals surface area (Å²) >= 11 is 0. The van der Waals surface area contributed by atoms with Crippen LogP contribution in [0.2, 0.25) is 0 Å². The minimum atomic E-state index is -0.455. The van der Waals surface area contributed by atoms with Crippen LogP contribution in [0.4, 0.5) is 4.39 Å². The molecule has 1 aliphatic rings. The zero-order chi connectivity index (χ0) is 25.4. The first-order chi connectivity index (χ1) is 17.4. The van der Waals surface area contributed by atoms with Gasteiger partial charge in [0.1, 0.15) is 17.4 Å². The second kappa shape index (κ2) is 9.26. The Bertz CT molecular complexity index is 1500. The van der Waals surface area contributed by atoms with Crippen LogP contribution in [-0.4, -0.2) is 33.3 Å². The first-order valence-electron chi connectivity index (χ1n) is 11.6. The van der Waals surface area contributed by atoms with Crippen LogP contribution >= 0.6 is 0 Å². The highest BCUT2D eigenvalue weighted by Crippen LogP contribution is 2.36. The van der Waals surface area contributed by atoms with Crippen molar-refractivity contribution in [3.05, 3.63) is 113 Å². The second-order valence-corrected chi connectivity index (χ2v) is 8.71. The number of nitrogens with one attached hydrogen (secondary N) is 1. The minimum absolute atomic E-state index is 0.119. The zero-order valence-corrected chi connectivity index (χ0v) is 20.2. The van der Waals surface area contributed by atoms with E-state index in [1.807, 2.05) is 73.2 Å². The van der Waals surface area contributed by atoms with Gasteiger partial charge >= 0.3 is 0 Å². The first kappa shape index (κ1) is 23.2. The van der Waals surface area contributed by atoms with E-state index < -0.39 is 6.04 Å². The van der Waals surface area contributed by atoms with Gasteiger partial charge in [0.25, 0.3) is 5.91 Å². The van der Waals surface area contributed by atoms with Gasteiger partial charge in [0.2, 0.25) is 0 Å². The standard InChI is InChI=1S/C29H25FN4O2/c1-18-16-33(17-32-18)26-13-8-20(15-27(26)36-3)14-25-23-6-4-5-7-24(23)28(31)34(29(25)35)19(2)21-9-11-22(30)12-10-21/h4-17,19,31H,1-3H3/b25-14+,31-28?. The molecule has 1 aromatic heterocycles. The number of hydrogen-bond donors (Lipinski definition) is 1. The summed E-state index contributed by atoms with van der Waals surface area (Å²) in [5.74, 6) is 0.125. The summed E-state index contributed by atoms with van der Waals surface area (Å²) in [7, 11) is 1.61. The Hall–Kier alpha value is -4.52. The van der Waals surface area contributed by atoms with Gasteiger partial charge in [-0.05, 0) is 60.9 Å². The lowest BCUT2D eigenvalue weighted by molar-refractivity contribution is -0.123. The number of imidazole rings is 1. The number of fused-ring (bicyclic) bond motifs is 1. The van der Waals surface area contributed by atoms with Crippen molar-refractivity contribution in [2.75, 3.05) is 7.11 Å². The largest absolute Gasteiger partial charge is 0.495 e. The molecule has 1 amide bonds. The molecule has 1 unspecified atom stereocenters. The predicted octanol–water partition coefficient (Wildman–Crippen LogP) is 5.80. The third-order valence-corrected chi connectivity index (χ3v) is 6.41. The van der Waals surface area contributed by atoms with Gasteiger partial charge in [-0.15, -0.1) is 0 Å². The molecule has 0 saturated carbocycles. The maximum Gasteiger partial charge on any atom is 0.260 e. The van der Waals surface area contributed by atoms with Crippen molar-refractivity contribution < 1.29 is 13.9 Å². The molecule has 0 bridgehead atoms. The summed E-state index contributed by atoms with van der Waals surface area (Å²) in [5.41, 5.74) is 5.10. The van der Waals surface area contributed by atoms with Crippen LogP contribution in [-0.2, 0) is 4.79 Å². The van der Waals surface area contributed by atoms with E-state index in [1.165, 1.54) is 17.0 Å². The number of methoxy groups -OCH3 is 1. The summed E-state index contributed by atoms with van der Waals surface area (Å²) in [6.07, 6.45) is 5.47.